The van der Waals surface area contributed by atoms with E-state index in [0.29, 0.717) is 34.3 Å². The fourth-order valence-corrected chi connectivity index (χ4v) is 3.02. The summed E-state index contributed by atoms with van der Waals surface area (Å²) in [6.07, 6.45) is 0. The number of carbonyl (C=O) groups excluding carboxylic acids is 1. The van der Waals surface area contributed by atoms with Crippen LogP contribution in [0.2, 0.25) is 0 Å². The predicted molar refractivity (Wildman–Crippen MR) is 118 cm³/mol. The number of ether oxygens (including phenoxy) is 3. The summed E-state index contributed by atoms with van der Waals surface area (Å²) in [6, 6.07) is 23.7. The number of amides is 1. The van der Waals surface area contributed by atoms with Crippen molar-refractivity contribution in [2.75, 3.05) is 19.5 Å². The van der Waals surface area contributed by atoms with Gasteiger partial charge in [-0.3, -0.25) is 9.89 Å². The second-order valence-electron chi connectivity index (χ2n) is 6.63. The lowest BCUT2D eigenvalue weighted by Crippen LogP contribution is -2.12. The first kappa shape index (κ1) is 20.0. The number of H-pyrrole nitrogens is 1. The molecule has 1 amide bonds. The molecule has 7 nitrogen and oxygen atoms in total. The molecule has 0 aliphatic heterocycles. The van der Waals surface area contributed by atoms with Crippen molar-refractivity contribution in [3.63, 3.8) is 0 Å². The second kappa shape index (κ2) is 9.04. The number of hydrogen-bond donors (Lipinski definition) is 2. The minimum Gasteiger partial charge on any atom is -0.497 e. The number of aromatic nitrogens is 2. The minimum absolute atomic E-state index is 0.303. The van der Waals surface area contributed by atoms with Crippen LogP contribution >= 0.6 is 0 Å². The van der Waals surface area contributed by atoms with Crippen LogP contribution in [-0.4, -0.2) is 30.3 Å². The standard InChI is InChI=1S/C24H21N3O4/c1-29-19-12-13-20(23(14-19)30-2)21-15-22(27-26-21)24(28)25-16-8-10-18(11-9-16)31-17-6-4-3-5-7-17/h3-15H,1-2H3,(H,25,28)(H,26,27). The summed E-state index contributed by atoms with van der Waals surface area (Å²) >= 11 is 0. The molecular formula is C24H21N3O4. The average molecular weight is 415 g/mol. The predicted octanol–water partition coefficient (Wildman–Crippen LogP) is 5.14. The number of anilines is 1. The molecule has 0 saturated heterocycles. The van der Waals surface area contributed by atoms with Crippen LogP contribution < -0.4 is 19.5 Å². The van der Waals surface area contributed by atoms with E-state index in [1.54, 1.807) is 50.6 Å². The molecule has 0 atom stereocenters. The number of aromatic amines is 1. The van der Waals surface area contributed by atoms with Gasteiger partial charge in [-0.15, -0.1) is 0 Å². The van der Waals surface area contributed by atoms with Crippen molar-refractivity contribution in [2.45, 2.75) is 0 Å². The maximum atomic E-state index is 12.6. The van der Waals surface area contributed by atoms with E-state index in [2.05, 4.69) is 15.5 Å². The number of hydrogen-bond acceptors (Lipinski definition) is 5. The van der Waals surface area contributed by atoms with E-state index in [1.165, 1.54) is 0 Å². The Morgan fingerprint density at radius 2 is 1.55 bits per heavy atom. The Labute approximate surface area is 179 Å². The third-order valence-corrected chi connectivity index (χ3v) is 4.60. The molecule has 4 aromatic rings. The highest BCUT2D eigenvalue weighted by molar-refractivity contribution is 6.03. The first-order valence-corrected chi connectivity index (χ1v) is 9.58. The van der Waals surface area contributed by atoms with Crippen LogP contribution in [0.25, 0.3) is 11.3 Å². The van der Waals surface area contributed by atoms with Crippen molar-refractivity contribution in [1.82, 2.24) is 10.2 Å². The first-order chi connectivity index (χ1) is 15.2. The maximum Gasteiger partial charge on any atom is 0.273 e. The molecule has 3 aromatic carbocycles. The van der Waals surface area contributed by atoms with Gasteiger partial charge in [-0.05, 0) is 54.6 Å². The molecule has 156 valence electrons. The van der Waals surface area contributed by atoms with Crippen LogP contribution in [0.1, 0.15) is 10.5 Å². The van der Waals surface area contributed by atoms with E-state index in [-0.39, 0.29) is 5.91 Å². The zero-order valence-corrected chi connectivity index (χ0v) is 17.1. The van der Waals surface area contributed by atoms with E-state index in [1.807, 2.05) is 42.5 Å². The SMILES string of the molecule is COc1ccc(-c2cc(C(=O)Nc3ccc(Oc4ccccc4)cc3)[nH]n2)c(OC)c1. The highest BCUT2D eigenvalue weighted by atomic mass is 16.5. The molecule has 2 N–H and O–H groups in total. The van der Waals surface area contributed by atoms with Crippen molar-refractivity contribution < 1.29 is 19.0 Å². The van der Waals surface area contributed by atoms with Crippen molar-refractivity contribution >= 4 is 11.6 Å². The van der Waals surface area contributed by atoms with Gasteiger partial charge in [0.25, 0.3) is 5.91 Å². The van der Waals surface area contributed by atoms with E-state index in [9.17, 15) is 4.79 Å². The number of carbonyl (C=O) groups is 1. The fraction of sp³-hybridized carbons (Fsp3) is 0.0833. The number of benzene rings is 3. The summed E-state index contributed by atoms with van der Waals surface area (Å²) < 4.78 is 16.4. The topological polar surface area (TPSA) is 85.5 Å². The van der Waals surface area contributed by atoms with Gasteiger partial charge in [-0.2, -0.15) is 5.10 Å². The molecule has 1 aromatic heterocycles. The van der Waals surface area contributed by atoms with Crippen LogP contribution in [0, 0.1) is 0 Å². The molecule has 0 aliphatic rings. The van der Waals surface area contributed by atoms with Crippen molar-refractivity contribution in [3.05, 3.63) is 84.6 Å². The largest absolute Gasteiger partial charge is 0.497 e. The molecule has 0 spiro atoms. The summed E-state index contributed by atoms with van der Waals surface area (Å²) in [5, 5.41) is 9.87. The number of nitrogens with one attached hydrogen (secondary N) is 2. The minimum atomic E-state index is -0.303. The Morgan fingerprint density at radius 1 is 0.839 bits per heavy atom. The van der Waals surface area contributed by atoms with E-state index in [0.717, 1.165) is 11.3 Å². The first-order valence-electron chi connectivity index (χ1n) is 9.58. The van der Waals surface area contributed by atoms with Crippen LogP contribution in [0.3, 0.4) is 0 Å². The molecular weight excluding hydrogens is 394 g/mol. The lowest BCUT2D eigenvalue weighted by Gasteiger charge is -2.08. The van der Waals surface area contributed by atoms with Gasteiger partial charge < -0.3 is 19.5 Å². The molecule has 0 radical (unpaired) electrons. The van der Waals surface area contributed by atoms with Gasteiger partial charge in [0.05, 0.1) is 19.9 Å². The molecule has 4 rings (SSSR count). The summed E-state index contributed by atoms with van der Waals surface area (Å²) in [7, 11) is 3.16. The molecule has 31 heavy (non-hydrogen) atoms. The molecule has 0 fully saturated rings. The molecule has 0 bridgehead atoms. The molecule has 1 heterocycles. The van der Waals surface area contributed by atoms with Gasteiger partial charge in [0.1, 0.15) is 28.7 Å². The zero-order valence-electron chi connectivity index (χ0n) is 17.1. The van der Waals surface area contributed by atoms with Crippen LogP contribution in [0.15, 0.2) is 78.9 Å². The van der Waals surface area contributed by atoms with Crippen molar-refractivity contribution in [3.8, 4) is 34.3 Å². The Bertz CT molecular complexity index is 1170. The molecule has 0 aliphatic carbocycles. The van der Waals surface area contributed by atoms with E-state index < -0.39 is 0 Å². The lowest BCUT2D eigenvalue weighted by atomic mass is 10.1. The summed E-state index contributed by atoms with van der Waals surface area (Å²) in [6.45, 7) is 0. The van der Waals surface area contributed by atoms with Gasteiger partial charge in [-0.25, -0.2) is 0 Å². The Balaban J connectivity index is 1.45. The average Bonchev–Trinajstić information content (AvgIpc) is 3.31. The van der Waals surface area contributed by atoms with Crippen molar-refractivity contribution in [2.24, 2.45) is 0 Å². The molecule has 0 saturated carbocycles. The molecule has 0 unspecified atom stereocenters. The number of rotatable bonds is 7. The molecule has 7 heteroatoms. The normalized spacial score (nSPS) is 10.4. The highest BCUT2D eigenvalue weighted by Crippen LogP contribution is 2.32. The number of para-hydroxylation sites is 1. The number of nitrogens with zero attached hydrogens (tertiary/aromatic N) is 1. The third kappa shape index (κ3) is 4.67. The Kier molecular flexibility index (Phi) is 5.84. The number of methoxy groups -OCH3 is 2. The van der Waals surface area contributed by atoms with Gasteiger partial charge in [-0.1, -0.05) is 18.2 Å². The van der Waals surface area contributed by atoms with E-state index >= 15 is 0 Å². The third-order valence-electron chi connectivity index (χ3n) is 4.60. The van der Waals surface area contributed by atoms with Crippen LogP contribution in [0.5, 0.6) is 23.0 Å². The summed E-state index contributed by atoms with van der Waals surface area (Å²) in [4.78, 5) is 12.6. The monoisotopic (exact) mass is 415 g/mol. The zero-order chi connectivity index (χ0) is 21.6. The lowest BCUT2D eigenvalue weighted by molar-refractivity contribution is 0.102. The van der Waals surface area contributed by atoms with Gasteiger partial charge >= 0.3 is 0 Å². The quantitative estimate of drug-likeness (QED) is 0.437. The Morgan fingerprint density at radius 3 is 2.26 bits per heavy atom. The van der Waals surface area contributed by atoms with Gasteiger partial charge in [0, 0.05) is 17.3 Å². The summed E-state index contributed by atoms with van der Waals surface area (Å²) in [5.74, 6) is 2.40. The van der Waals surface area contributed by atoms with Gasteiger partial charge in [0.2, 0.25) is 0 Å². The van der Waals surface area contributed by atoms with E-state index in [4.69, 9.17) is 14.2 Å². The van der Waals surface area contributed by atoms with Gasteiger partial charge in [0.15, 0.2) is 0 Å². The smallest absolute Gasteiger partial charge is 0.273 e. The fourth-order valence-electron chi connectivity index (χ4n) is 3.02. The maximum absolute atomic E-state index is 12.6. The highest BCUT2D eigenvalue weighted by Gasteiger charge is 2.15. The summed E-state index contributed by atoms with van der Waals surface area (Å²) in [5.41, 5.74) is 2.32. The Hall–Kier alpha value is -4.26. The van der Waals surface area contributed by atoms with Crippen LogP contribution in [-0.2, 0) is 0 Å². The van der Waals surface area contributed by atoms with Crippen molar-refractivity contribution in [1.29, 1.82) is 0 Å². The second-order valence-corrected chi connectivity index (χ2v) is 6.63. The van der Waals surface area contributed by atoms with Crippen LogP contribution in [0.4, 0.5) is 5.69 Å².